The summed E-state index contributed by atoms with van der Waals surface area (Å²) in [6.45, 7) is 5.67. The van der Waals surface area contributed by atoms with Crippen molar-refractivity contribution in [3.63, 3.8) is 0 Å². The van der Waals surface area contributed by atoms with Crippen LogP contribution >= 0.6 is 0 Å². The highest BCUT2D eigenvalue weighted by Gasteiger charge is 2.62. The number of aryl methyl sites for hydroxylation is 1. The lowest BCUT2D eigenvalue weighted by Gasteiger charge is -2.61. The molecule has 0 amide bonds. The summed E-state index contributed by atoms with van der Waals surface area (Å²) in [6, 6.07) is 10.1. The van der Waals surface area contributed by atoms with E-state index in [1.165, 1.54) is 18.5 Å². The molecule has 0 saturated heterocycles. The van der Waals surface area contributed by atoms with Gasteiger partial charge in [0.2, 0.25) is 5.92 Å². The van der Waals surface area contributed by atoms with Crippen LogP contribution in [0.5, 0.6) is 5.75 Å². The molecule has 2 N–H and O–H groups in total. The number of halogens is 3. The predicted octanol–water partition coefficient (Wildman–Crippen LogP) is 7.93. The third-order valence-corrected chi connectivity index (χ3v) is 14.3. The maximum absolute atomic E-state index is 14.7. The number of hydrogen-bond donors (Lipinski definition) is 2. The Bertz CT molecular complexity index is 2050. The zero-order valence-corrected chi connectivity index (χ0v) is 30.0. The summed E-state index contributed by atoms with van der Waals surface area (Å²) in [6.07, 6.45) is 8.90. The Morgan fingerprint density at radius 1 is 0.962 bits per heavy atom. The van der Waals surface area contributed by atoms with Crippen molar-refractivity contribution in [3.8, 4) is 5.75 Å². The molecule has 0 unspecified atom stereocenters. The largest absolute Gasteiger partial charge is 0.491 e. The normalized spacial score (nSPS) is 34.6. The number of aromatic nitrogens is 5. The fourth-order valence-corrected chi connectivity index (χ4v) is 11.7. The second kappa shape index (κ2) is 12.3. The van der Waals surface area contributed by atoms with Crippen molar-refractivity contribution in [2.75, 3.05) is 18.5 Å². The van der Waals surface area contributed by atoms with Gasteiger partial charge in [0.15, 0.2) is 0 Å². The number of benzene rings is 2. The topological polar surface area (TPSA) is 107 Å². The van der Waals surface area contributed by atoms with E-state index in [1.807, 2.05) is 31.3 Å². The van der Waals surface area contributed by atoms with E-state index in [-0.39, 0.29) is 47.1 Å². The lowest BCUT2D eigenvalue weighted by molar-refractivity contribution is -0.170. The first kappa shape index (κ1) is 33.9. The smallest absolute Gasteiger partial charge is 0.272 e. The van der Waals surface area contributed by atoms with Gasteiger partial charge in [-0.05, 0) is 109 Å². The molecule has 0 spiro atoms. The number of aromatic amines is 1. The molecule has 4 fully saturated rings. The van der Waals surface area contributed by atoms with Crippen LogP contribution in [0.1, 0.15) is 101 Å². The van der Waals surface area contributed by atoms with Gasteiger partial charge in [-0.2, -0.15) is 10.2 Å². The maximum atomic E-state index is 14.7. The summed E-state index contributed by atoms with van der Waals surface area (Å²) in [5, 5.41) is 15.6. The summed E-state index contributed by atoms with van der Waals surface area (Å²) < 4.78 is 57.8. The van der Waals surface area contributed by atoms with Gasteiger partial charge in [-0.15, -0.1) is 0 Å². The van der Waals surface area contributed by atoms with Crippen LogP contribution < -0.4 is 15.6 Å². The molecule has 9 nitrogen and oxygen atoms in total. The minimum atomic E-state index is -2.49. The van der Waals surface area contributed by atoms with Gasteiger partial charge in [-0.3, -0.25) is 9.48 Å². The lowest BCUT2D eigenvalue weighted by atomic mass is 9.45. The number of fused-ring (bicyclic) bond motifs is 5. The summed E-state index contributed by atoms with van der Waals surface area (Å²) in [5.41, 5.74) is 1.72. The molecule has 276 valence electrons. The highest BCUT2D eigenvalue weighted by atomic mass is 19.3. The molecule has 5 aliphatic rings. The molecule has 0 bridgehead atoms. The van der Waals surface area contributed by atoms with Crippen LogP contribution in [0.25, 0.3) is 10.8 Å². The number of nitrogens with one attached hydrogen (secondary N) is 2. The Labute approximate surface area is 301 Å². The molecular weight excluding hydrogens is 669 g/mol. The zero-order chi connectivity index (χ0) is 36.0. The van der Waals surface area contributed by atoms with Crippen molar-refractivity contribution >= 4 is 16.5 Å². The van der Waals surface area contributed by atoms with Gasteiger partial charge in [0.1, 0.15) is 30.3 Å². The van der Waals surface area contributed by atoms with E-state index in [4.69, 9.17) is 9.47 Å². The van der Waals surface area contributed by atoms with Gasteiger partial charge in [-0.25, -0.2) is 23.3 Å². The van der Waals surface area contributed by atoms with Crippen molar-refractivity contribution in [2.24, 2.45) is 41.5 Å². The fraction of sp³-hybridized carbons (Fsp3) is 0.600. The van der Waals surface area contributed by atoms with Crippen LogP contribution in [0.2, 0.25) is 0 Å². The van der Waals surface area contributed by atoms with Gasteiger partial charge in [0, 0.05) is 31.0 Å². The van der Waals surface area contributed by atoms with Crippen LogP contribution in [-0.4, -0.2) is 50.2 Å². The van der Waals surface area contributed by atoms with Crippen LogP contribution in [0, 0.1) is 40.3 Å². The van der Waals surface area contributed by atoms with Crippen LogP contribution in [0.3, 0.4) is 0 Å². The Balaban J connectivity index is 0.855. The zero-order valence-electron chi connectivity index (χ0n) is 30.0. The molecular formula is C40H47F3N6O3. The lowest BCUT2D eigenvalue weighted by Crippen LogP contribution is -2.55. The van der Waals surface area contributed by atoms with Gasteiger partial charge >= 0.3 is 0 Å². The van der Waals surface area contributed by atoms with Gasteiger partial charge in [0.05, 0.1) is 35.8 Å². The summed E-state index contributed by atoms with van der Waals surface area (Å²) in [5.74, 6) is -0.136. The second-order valence-corrected chi connectivity index (χ2v) is 16.8. The number of hydrogen-bond acceptors (Lipinski definition) is 7. The van der Waals surface area contributed by atoms with Gasteiger partial charge in [-0.1, -0.05) is 26.0 Å². The Hall–Kier alpha value is -3.93. The number of ether oxygens (including phenoxy) is 2. The molecule has 9 rings (SSSR count). The Morgan fingerprint density at radius 3 is 2.56 bits per heavy atom. The van der Waals surface area contributed by atoms with Gasteiger partial charge < -0.3 is 14.8 Å². The van der Waals surface area contributed by atoms with E-state index in [1.54, 1.807) is 4.68 Å². The van der Waals surface area contributed by atoms with Crippen molar-refractivity contribution in [2.45, 2.75) is 95.6 Å². The molecule has 4 aliphatic carbocycles. The van der Waals surface area contributed by atoms with Crippen molar-refractivity contribution < 1.29 is 22.6 Å². The fourth-order valence-electron chi connectivity index (χ4n) is 11.7. The average molecular weight is 717 g/mol. The average Bonchev–Trinajstić information content (AvgIpc) is 3.70. The van der Waals surface area contributed by atoms with Crippen LogP contribution in [0.4, 0.5) is 18.9 Å². The standard InChI is InChI=1S/C40H47F3N6O3/c1-38-14-15-40(42,43)20-23(38)6-9-26-28-10-11-31(39(28,2)13-12-29(26)38)52-17-16-51-25-7-4-22(5-8-25)34-33(36-44-21-45-49(36)3)35-32-27(37(50)48-47-35)18-24(41)19-30(32)46-34/h4-5,7-8,18-19,21,23,26,28-29,31,33-34,46H,6,9-17,20H2,1-3H3,(H,48,50)/t23-,26-,28-,29-,31-,33+,34+,38-,39-/m0/s1. The highest BCUT2D eigenvalue weighted by molar-refractivity contribution is 5.97. The molecule has 1 aliphatic heterocycles. The first-order valence-electron chi connectivity index (χ1n) is 19.0. The Kier molecular flexibility index (Phi) is 8.02. The number of rotatable bonds is 7. The maximum Gasteiger partial charge on any atom is 0.272 e. The molecule has 9 atom stereocenters. The third-order valence-electron chi connectivity index (χ3n) is 14.3. The van der Waals surface area contributed by atoms with Gasteiger partial charge in [0.25, 0.3) is 5.56 Å². The number of nitrogens with zero attached hydrogens (tertiary/aromatic N) is 4. The van der Waals surface area contributed by atoms with Crippen molar-refractivity contribution in [1.29, 1.82) is 0 Å². The number of H-pyrrole nitrogens is 1. The number of anilines is 1. The first-order chi connectivity index (χ1) is 24.9. The quantitative estimate of drug-likeness (QED) is 0.187. The summed E-state index contributed by atoms with van der Waals surface area (Å²) in [7, 11) is 1.81. The van der Waals surface area contributed by atoms with E-state index in [9.17, 15) is 18.0 Å². The van der Waals surface area contributed by atoms with Crippen LogP contribution in [-0.2, 0) is 11.8 Å². The molecule has 4 aromatic rings. The molecule has 3 heterocycles. The molecule has 2 aromatic heterocycles. The van der Waals surface area contributed by atoms with Crippen molar-refractivity contribution in [1.82, 2.24) is 25.0 Å². The van der Waals surface area contributed by atoms with E-state index >= 15 is 0 Å². The van der Waals surface area contributed by atoms with E-state index in [0.717, 1.165) is 44.1 Å². The molecule has 4 saturated carbocycles. The third kappa shape index (κ3) is 5.37. The highest BCUT2D eigenvalue weighted by Crippen LogP contribution is 2.67. The predicted molar refractivity (Wildman–Crippen MR) is 190 cm³/mol. The molecule has 52 heavy (non-hydrogen) atoms. The molecule has 12 heteroatoms. The Morgan fingerprint density at radius 2 is 1.77 bits per heavy atom. The summed E-state index contributed by atoms with van der Waals surface area (Å²) in [4.78, 5) is 17.1. The molecule has 0 radical (unpaired) electrons. The monoisotopic (exact) mass is 716 g/mol. The molecule has 2 aromatic carbocycles. The summed E-state index contributed by atoms with van der Waals surface area (Å²) >= 11 is 0. The minimum absolute atomic E-state index is 0.0469. The van der Waals surface area contributed by atoms with Crippen LogP contribution in [0.15, 0.2) is 47.5 Å². The van der Waals surface area contributed by atoms with Crippen molar-refractivity contribution in [3.05, 3.63) is 76.0 Å². The number of alkyl halides is 2. The minimum Gasteiger partial charge on any atom is -0.491 e. The second-order valence-electron chi connectivity index (χ2n) is 16.8. The first-order valence-corrected chi connectivity index (χ1v) is 19.0. The van der Waals surface area contributed by atoms with E-state index in [2.05, 4.69) is 39.4 Å². The van der Waals surface area contributed by atoms with E-state index in [0.29, 0.717) is 65.7 Å². The van der Waals surface area contributed by atoms with E-state index < -0.39 is 23.2 Å². The SMILES string of the molecule is Cn1ncnc1[C@H]1c2n[nH]c(=O)c3cc(F)cc(c23)N[C@@H]1c1ccc(OCCO[C@H]2CC[C@H]3[C@@H]4CC[C@H]5CC(F)(F)CC[C@]5(C)[C@H]4CC[C@]23C)cc1.